The molecule has 0 amide bonds. The van der Waals surface area contributed by atoms with Crippen molar-refractivity contribution >= 4 is 5.95 Å². The van der Waals surface area contributed by atoms with Crippen LogP contribution in [-0.2, 0) is 4.74 Å². The van der Waals surface area contributed by atoms with Gasteiger partial charge in [0.1, 0.15) is 11.4 Å². The summed E-state index contributed by atoms with van der Waals surface area (Å²) < 4.78 is 5.44. The highest BCUT2D eigenvalue weighted by atomic mass is 16.5. The molecule has 4 rings (SSSR count). The van der Waals surface area contributed by atoms with E-state index in [0.717, 1.165) is 35.6 Å². The molecule has 26 heavy (non-hydrogen) atoms. The van der Waals surface area contributed by atoms with Crippen molar-refractivity contribution in [3.05, 3.63) is 59.7 Å². The molecule has 0 saturated carbocycles. The maximum atomic E-state index is 5.44. The predicted octanol–water partition coefficient (Wildman–Crippen LogP) is 3.66. The Hall–Kier alpha value is -2.79. The summed E-state index contributed by atoms with van der Waals surface area (Å²) in [7, 11) is 0. The lowest BCUT2D eigenvalue weighted by atomic mass is 10.0. The number of morpholine rings is 1. The second-order valence-electron chi connectivity index (χ2n) is 6.64. The van der Waals surface area contributed by atoms with Crippen molar-refractivity contribution in [3.63, 3.8) is 0 Å². The number of anilines is 1. The highest BCUT2D eigenvalue weighted by molar-refractivity contribution is 5.78. The molecule has 0 atom stereocenters. The first-order valence-corrected chi connectivity index (χ1v) is 8.92. The summed E-state index contributed by atoms with van der Waals surface area (Å²) in [5.74, 6) is 0.666. The molecule has 0 aliphatic carbocycles. The topological polar surface area (TPSA) is 51.1 Å². The van der Waals surface area contributed by atoms with Crippen LogP contribution in [0.1, 0.15) is 11.1 Å². The number of aryl methyl sites for hydroxylation is 2. The quantitative estimate of drug-likeness (QED) is 0.724. The molecule has 0 bridgehead atoms. The molecule has 2 heterocycles. The van der Waals surface area contributed by atoms with Gasteiger partial charge in [0.2, 0.25) is 5.95 Å². The first kappa shape index (κ1) is 16.7. The molecule has 2 aromatic carbocycles. The van der Waals surface area contributed by atoms with Crippen LogP contribution < -0.4 is 4.90 Å². The van der Waals surface area contributed by atoms with Gasteiger partial charge in [0.15, 0.2) is 0 Å². The Bertz CT molecular complexity index is 885. The van der Waals surface area contributed by atoms with E-state index in [0.29, 0.717) is 19.2 Å². The van der Waals surface area contributed by atoms with Crippen LogP contribution in [0.3, 0.4) is 0 Å². The Balaban J connectivity index is 1.82. The molecule has 1 aliphatic heterocycles. The van der Waals surface area contributed by atoms with E-state index < -0.39 is 0 Å². The third-order valence-electron chi connectivity index (χ3n) is 4.62. The van der Waals surface area contributed by atoms with Crippen molar-refractivity contribution in [2.75, 3.05) is 31.2 Å². The normalized spacial score (nSPS) is 14.5. The van der Waals surface area contributed by atoms with E-state index in [-0.39, 0.29) is 0 Å². The second-order valence-corrected chi connectivity index (χ2v) is 6.64. The van der Waals surface area contributed by atoms with Crippen LogP contribution in [0.15, 0.2) is 48.5 Å². The van der Waals surface area contributed by atoms with Crippen LogP contribution in [-0.4, -0.2) is 41.5 Å². The molecule has 5 nitrogen and oxygen atoms in total. The zero-order valence-corrected chi connectivity index (χ0v) is 15.1. The summed E-state index contributed by atoms with van der Waals surface area (Å²) >= 11 is 0. The van der Waals surface area contributed by atoms with E-state index in [4.69, 9.17) is 9.72 Å². The van der Waals surface area contributed by atoms with E-state index in [1.807, 2.05) is 0 Å². The molecular formula is C21H22N4O. The lowest BCUT2D eigenvalue weighted by Crippen LogP contribution is -2.37. The standard InChI is InChI=1S/C21H22N4O/c1-15-3-7-17(8-4-15)19-20(18-9-5-16(2)6-10-18)23-24-21(22-19)25-11-13-26-14-12-25/h3-10H,11-14H2,1-2H3. The number of rotatable bonds is 3. The van der Waals surface area contributed by atoms with Crippen molar-refractivity contribution in [1.29, 1.82) is 0 Å². The smallest absolute Gasteiger partial charge is 0.246 e. The number of benzene rings is 2. The van der Waals surface area contributed by atoms with Crippen LogP contribution in [0.25, 0.3) is 22.5 Å². The van der Waals surface area contributed by atoms with Gasteiger partial charge >= 0.3 is 0 Å². The SMILES string of the molecule is Cc1ccc(-c2nnc(N3CCOCC3)nc2-c2ccc(C)cc2)cc1. The Morgan fingerprint density at radius 1 is 0.731 bits per heavy atom. The molecular weight excluding hydrogens is 324 g/mol. The van der Waals surface area contributed by atoms with Gasteiger partial charge in [-0.2, -0.15) is 0 Å². The van der Waals surface area contributed by atoms with Crippen molar-refractivity contribution in [2.45, 2.75) is 13.8 Å². The second kappa shape index (κ2) is 7.22. The van der Waals surface area contributed by atoms with Gasteiger partial charge in [-0.25, -0.2) is 4.98 Å². The molecule has 0 unspecified atom stereocenters. The van der Waals surface area contributed by atoms with Gasteiger partial charge in [-0.1, -0.05) is 59.7 Å². The summed E-state index contributed by atoms with van der Waals surface area (Å²) in [5, 5.41) is 8.97. The van der Waals surface area contributed by atoms with E-state index in [1.165, 1.54) is 11.1 Å². The molecule has 1 aliphatic rings. The van der Waals surface area contributed by atoms with E-state index in [2.05, 4.69) is 77.5 Å². The molecule has 132 valence electrons. The summed E-state index contributed by atoms with van der Waals surface area (Å²) in [6.07, 6.45) is 0. The minimum Gasteiger partial charge on any atom is -0.378 e. The molecule has 1 saturated heterocycles. The minimum absolute atomic E-state index is 0.666. The summed E-state index contributed by atoms with van der Waals surface area (Å²) in [6.45, 7) is 7.14. The summed E-state index contributed by atoms with van der Waals surface area (Å²) in [6, 6.07) is 16.7. The van der Waals surface area contributed by atoms with Gasteiger partial charge in [0, 0.05) is 24.2 Å². The highest BCUT2D eigenvalue weighted by Crippen LogP contribution is 2.30. The zero-order chi connectivity index (χ0) is 17.9. The number of hydrogen-bond acceptors (Lipinski definition) is 5. The fraction of sp³-hybridized carbons (Fsp3) is 0.286. The van der Waals surface area contributed by atoms with Crippen LogP contribution >= 0.6 is 0 Å². The van der Waals surface area contributed by atoms with Crippen molar-refractivity contribution in [2.24, 2.45) is 0 Å². The van der Waals surface area contributed by atoms with Crippen LogP contribution in [0.2, 0.25) is 0 Å². The van der Waals surface area contributed by atoms with Crippen molar-refractivity contribution in [1.82, 2.24) is 15.2 Å². The third kappa shape index (κ3) is 3.44. The van der Waals surface area contributed by atoms with Gasteiger partial charge < -0.3 is 9.64 Å². The maximum Gasteiger partial charge on any atom is 0.246 e. The predicted molar refractivity (Wildman–Crippen MR) is 103 cm³/mol. The fourth-order valence-electron chi connectivity index (χ4n) is 3.03. The first-order chi connectivity index (χ1) is 12.7. The van der Waals surface area contributed by atoms with E-state index >= 15 is 0 Å². The molecule has 5 heteroatoms. The minimum atomic E-state index is 0.666. The molecule has 1 aromatic heterocycles. The Morgan fingerprint density at radius 3 is 1.85 bits per heavy atom. The molecule has 0 spiro atoms. The fourth-order valence-corrected chi connectivity index (χ4v) is 3.03. The van der Waals surface area contributed by atoms with Crippen LogP contribution in [0.4, 0.5) is 5.95 Å². The lowest BCUT2D eigenvalue weighted by molar-refractivity contribution is 0.122. The zero-order valence-electron chi connectivity index (χ0n) is 15.1. The number of nitrogens with zero attached hydrogens (tertiary/aromatic N) is 4. The lowest BCUT2D eigenvalue weighted by Gasteiger charge is -2.26. The molecule has 3 aromatic rings. The third-order valence-corrected chi connectivity index (χ3v) is 4.62. The Morgan fingerprint density at radius 2 is 1.27 bits per heavy atom. The van der Waals surface area contributed by atoms with Gasteiger partial charge in [-0.05, 0) is 13.8 Å². The number of ether oxygens (including phenoxy) is 1. The molecule has 0 N–H and O–H groups in total. The van der Waals surface area contributed by atoms with Gasteiger partial charge in [-0.15, -0.1) is 10.2 Å². The monoisotopic (exact) mass is 346 g/mol. The Labute approximate surface area is 153 Å². The highest BCUT2D eigenvalue weighted by Gasteiger charge is 2.18. The number of hydrogen-bond donors (Lipinski definition) is 0. The maximum absolute atomic E-state index is 5.44. The van der Waals surface area contributed by atoms with Crippen molar-refractivity contribution in [3.8, 4) is 22.5 Å². The first-order valence-electron chi connectivity index (χ1n) is 8.92. The van der Waals surface area contributed by atoms with E-state index in [9.17, 15) is 0 Å². The summed E-state index contributed by atoms with van der Waals surface area (Å²) in [4.78, 5) is 7.02. The average molecular weight is 346 g/mol. The average Bonchev–Trinajstić information content (AvgIpc) is 2.70. The van der Waals surface area contributed by atoms with Gasteiger partial charge in [0.05, 0.1) is 13.2 Å². The molecule has 0 radical (unpaired) electrons. The number of aromatic nitrogens is 3. The Kier molecular flexibility index (Phi) is 4.63. The van der Waals surface area contributed by atoms with E-state index in [1.54, 1.807) is 0 Å². The van der Waals surface area contributed by atoms with Crippen molar-refractivity contribution < 1.29 is 4.74 Å². The largest absolute Gasteiger partial charge is 0.378 e. The summed E-state index contributed by atoms with van der Waals surface area (Å²) in [5.41, 5.74) is 6.20. The molecule has 1 fully saturated rings. The van der Waals surface area contributed by atoms with Gasteiger partial charge in [0.25, 0.3) is 0 Å². The van der Waals surface area contributed by atoms with Crippen LogP contribution in [0, 0.1) is 13.8 Å². The van der Waals surface area contributed by atoms with Crippen LogP contribution in [0.5, 0.6) is 0 Å². The van der Waals surface area contributed by atoms with Gasteiger partial charge in [-0.3, -0.25) is 0 Å².